The van der Waals surface area contributed by atoms with Crippen molar-refractivity contribution < 1.29 is 14.7 Å². The molecule has 0 saturated heterocycles. The van der Waals surface area contributed by atoms with Crippen LogP contribution in [0.15, 0.2) is 24.3 Å². The van der Waals surface area contributed by atoms with Crippen LogP contribution in [0.5, 0.6) is 0 Å². The van der Waals surface area contributed by atoms with Gasteiger partial charge in [0, 0.05) is 15.5 Å². The Kier molecular flexibility index (Phi) is 5.59. The second-order valence-corrected chi connectivity index (χ2v) is 6.00. The molecule has 1 aromatic carbocycles. The predicted molar refractivity (Wildman–Crippen MR) is 82.3 cm³/mol. The van der Waals surface area contributed by atoms with E-state index in [1.165, 1.54) is 0 Å². The molecule has 1 aromatic rings. The third kappa shape index (κ3) is 5.91. The zero-order valence-corrected chi connectivity index (χ0v) is 13.0. The molecule has 0 saturated carbocycles. The number of halogens is 1. The molecular weight excluding hydrogens is 359 g/mol. The summed E-state index contributed by atoms with van der Waals surface area (Å²) >= 11 is 2.14. The van der Waals surface area contributed by atoms with Crippen molar-refractivity contribution in [3.05, 3.63) is 27.8 Å². The predicted octanol–water partition coefficient (Wildman–Crippen LogP) is 3.06. The van der Waals surface area contributed by atoms with Gasteiger partial charge in [-0.3, -0.25) is 4.79 Å². The molecule has 0 aliphatic heterocycles. The summed E-state index contributed by atoms with van der Waals surface area (Å²) in [5.41, 5.74) is 0.164. The largest absolute Gasteiger partial charge is 0.481 e. The minimum Gasteiger partial charge on any atom is -0.481 e. The first-order valence-corrected chi connectivity index (χ1v) is 6.93. The lowest BCUT2D eigenvalue weighted by molar-refractivity contribution is -0.137. The molecule has 1 rings (SSSR count). The Balaban J connectivity index is 2.55. The lowest BCUT2D eigenvalue weighted by atomic mass is 9.99. The van der Waals surface area contributed by atoms with E-state index in [9.17, 15) is 9.59 Å². The fourth-order valence-electron chi connectivity index (χ4n) is 1.51. The number of hydrogen-bond acceptors (Lipinski definition) is 2. The van der Waals surface area contributed by atoms with Crippen LogP contribution in [0.3, 0.4) is 0 Å². The maximum Gasteiger partial charge on any atom is 0.319 e. The summed E-state index contributed by atoms with van der Waals surface area (Å²) in [5.74, 6) is -0.868. The first kappa shape index (κ1) is 15.7. The minimum absolute atomic E-state index is 0.0240. The molecule has 0 atom stereocenters. The van der Waals surface area contributed by atoms with Crippen LogP contribution in [0.2, 0.25) is 0 Å². The Morgan fingerprint density at radius 3 is 2.53 bits per heavy atom. The van der Waals surface area contributed by atoms with Gasteiger partial charge in [0.25, 0.3) is 0 Å². The van der Waals surface area contributed by atoms with Gasteiger partial charge in [0.05, 0.1) is 5.69 Å². The summed E-state index contributed by atoms with van der Waals surface area (Å²) in [6.07, 6.45) is 0.401. The van der Waals surface area contributed by atoms with E-state index in [4.69, 9.17) is 5.11 Å². The van der Waals surface area contributed by atoms with Crippen molar-refractivity contribution in [2.45, 2.75) is 32.2 Å². The zero-order chi connectivity index (χ0) is 14.5. The summed E-state index contributed by atoms with van der Waals surface area (Å²) in [6.45, 7) is 3.59. The Morgan fingerprint density at radius 1 is 1.32 bits per heavy atom. The van der Waals surface area contributed by atoms with Crippen LogP contribution in [0.25, 0.3) is 0 Å². The molecule has 0 aliphatic rings. The smallest absolute Gasteiger partial charge is 0.319 e. The molecule has 0 fully saturated rings. The summed E-state index contributed by atoms with van der Waals surface area (Å²) in [4.78, 5) is 22.4. The van der Waals surface area contributed by atoms with Gasteiger partial charge in [0.1, 0.15) is 0 Å². The van der Waals surface area contributed by atoms with Crippen molar-refractivity contribution in [3.8, 4) is 0 Å². The number of rotatable bonds is 5. The third-order valence-electron chi connectivity index (χ3n) is 2.54. The molecule has 0 unspecified atom stereocenters. The van der Waals surface area contributed by atoms with E-state index < -0.39 is 11.5 Å². The Hall–Kier alpha value is -1.31. The highest BCUT2D eigenvalue weighted by atomic mass is 127. The van der Waals surface area contributed by atoms with Crippen molar-refractivity contribution in [1.29, 1.82) is 0 Å². The number of aliphatic carboxylic acids is 1. The summed E-state index contributed by atoms with van der Waals surface area (Å²) in [7, 11) is 0. The maximum atomic E-state index is 11.9. The molecule has 6 heteroatoms. The number of carbonyl (C=O) groups is 2. The number of urea groups is 1. The highest BCUT2D eigenvalue weighted by Gasteiger charge is 2.21. The second-order valence-electron chi connectivity index (χ2n) is 4.84. The molecule has 0 heterocycles. The highest BCUT2D eigenvalue weighted by Crippen LogP contribution is 2.17. The maximum absolute atomic E-state index is 11.9. The van der Waals surface area contributed by atoms with Gasteiger partial charge >= 0.3 is 12.0 Å². The number of anilines is 1. The first-order chi connectivity index (χ1) is 8.80. The van der Waals surface area contributed by atoms with Gasteiger partial charge in [0.2, 0.25) is 0 Å². The van der Waals surface area contributed by atoms with Crippen LogP contribution >= 0.6 is 22.6 Å². The Morgan fingerprint density at radius 2 is 1.95 bits per heavy atom. The molecule has 104 valence electrons. The monoisotopic (exact) mass is 376 g/mol. The average Bonchev–Trinajstić information content (AvgIpc) is 2.29. The van der Waals surface area contributed by atoms with E-state index in [1.54, 1.807) is 13.8 Å². The highest BCUT2D eigenvalue weighted by molar-refractivity contribution is 14.1. The minimum atomic E-state index is -0.868. The van der Waals surface area contributed by atoms with Gasteiger partial charge < -0.3 is 15.7 Å². The quantitative estimate of drug-likeness (QED) is 0.692. The van der Waals surface area contributed by atoms with E-state index in [2.05, 4.69) is 33.2 Å². The number of carboxylic acids is 1. The van der Waals surface area contributed by atoms with Gasteiger partial charge in [-0.15, -0.1) is 0 Å². The van der Waals surface area contributed by atoms with E-state index in [0.717, 1.165) is 9.26 Å². The summed E-state index contributed by atoms with van der Waals surface area (Å²) in [5, 5.41) is 14.2. The van der Waals surface area contributed by atoms with Gasteiger partial charge in [-0.05, 0) is 55.0 Å². The molecule has 3 N–H and O–H groups in total. The van der Waals surface area contributed by atoms with Crippen molar-refractivity contribution in [2.24, 2.45) is 0 Å². The molecule has 0 aromatic heterocycles. The van der Waals surface area contributed by atoms with Crippen LogP contribution in [0, 0.1) is 3.57 Å². The second kappa shape index (κ2) is 6.74. The third-order valence-corrected chi connectivity index (χ3v) is 3.48. The van der Waals surface area contributed by atoms with Crippen molar-refractivity contribution in [3.63, 3.8) is 0 Å². The molecule has 0 spiro atoms. The van der Waals surface area contributed by atoms with Crippen molar-refractivity contribution in [1.82, 2.24) is 5.32 Å². The normalized spacial score (nSPS) is 10.9. The van der Waals surface area contributed by atoms with E-state index >= 15 is 0 Å². The van der Waals surface area contributed by atoms with Gasteiger partial charge in [-0.25, -0.2) is 4.79 Å². The summed E-state index contributed by atoms with van der Waals surface area (Å²) < 4.78 is 0.943. The lowest BCUT2D eigenvalue weighted by Crippen LogP contribution is -2.45. The van der Waals surface area contributed by atoms with Crippen LogP contribution < -0.4 is 10.6 Å². The first-order valence-electron chi connectivity index (χ1n) is 5.86. The molecule has 0 bridgehead atoms. The number of hydrogen-bond donors (Lipinski definition) is 3. The van der Waals surface area contributed by atoms with Gasteiger partial charge in [-0.1, -0.05) is 12.1 Å². The fourth-order valence-corrected chi connectivity index (χ4v) is 2.03. The topological polar surface area (TPSA) is 78.4 Å². The molecular formula is C13H17IN2O3. The number of carbonyl (C=O) groups excluding carboxylic acids is 1. The number of benzene rings is 1. The zero-order valence-electron chi connectivity index (χ0n) is 10.9. The van der Waals surface area contributed by atoms with E-state index in [0.29, 0.717) is 6.42 Å². The summed E-state index contributed by atoms with van der Waals surface area (Å²) in [6, 6.07) is 7.10. The fraction of sp³-hybridized carbons (Fsp3) is 0.385. The van der Waals surface area contributed by atoms with Crippen molar-refractivity contribution in [2.75, 3.05) is 5.32 Å². The van der Waals surface area contributed by atoms with Crippen molar-refractivity contribution >= 4 is 40.3 Å². The average molecular weight is 376 g/mol. The van der Waals surface area contributed by atoms with Crippen LogP contribution in [0.4, 0.5) is 10.5 Å². The SMILES string of the molecule is CC(C)(CCC(=O)O)NC(=O)Nc1ccccc1I. The number of amides is 2. The Labute approximate surface area is 125 Å². The number of carboxylic acid groups (broad SMARTS) is 1. The lowest BCUT2D eigenvalue weighted by Gasteiger charge is -2.25. The molecule has 2 amide bonds. The number of para-hydroxylation sites is 1. The molecule has 0 aliphatic carbocycles. The number of nitrogens with one attached hydrogen (secondary N) is 2. The van der Waals surface area contributed by atoms with Gasteiger partial charge in [-0.2, -0.15) is 0 Å². The van der Waals surface area contributed by atoms with E-state index in [-0.39, 0.29) is 12.5 Å². The molecule has 0 radical (unpaired) electrons. The Bertz CT molecular complexity index is 475. The molecule has 19 heavy (non-hydrogen) atoms. The van der Waals surface area contributed by atoms with Gasteiger partial charge in [0.15, 0.2) is 0 Å². The van der Waals surface area contributed by atoms with Crippen LogP contribution in [0.1, 0.15) is 26.7 Å². The van der Waals surface area contributed by atoms with E-state index in [1.807, 2.05) is 24.3 Å². The molecule has 5 nitrogen and oxygen atoms in total. The standard InChI is InChI=1S/C13H17IN2O3/c1-13(2,8-7-11(17)18)16-12(19)15-10-6-4-3-5-9(10)14/h3-6H,7-8H2,1-2H3,(H,17,18)(H2,15,16,19). The van der Waals surface area contributed by atoms with Crippen LogP contribution in [-0.2, 0) is 4.79 Å². The van der Waals surface area contributed by atoms with Crippen LogP contribution in [-0.4, -0.2) is 22.6 Å².